The number of aromatic nitrogens is 2. The molecule has 0 saturated carbocycles. The fourth-order valence-corrected chi connectivity index (χ4v) is 2.39. The quantitative estimate of drug-likeness (QED) is 0.748. The molecule has 2 rings (SSSR count). The van der Waals surface area contributed by atoms with Crippen molar-refractivity contribution < 1.29 is 0 Å². The van der Waals surface area contributed by atoms with Crippen molar-refractivity contribution in [2.45, 2.75) is 33.1 Å². The average molecular weight is 345 g/mol. The summed E-state index contributed by atoms with van der Waals surface area (Å²) in [5.74, 6) is 0. The number of anilines is 1. The maximum atomic E-state index is 9.30. The third-order valence-electron chi connectivity index (χ3n) is 4.03. The van der Waals surface area contributed by atoms with Gasteiger partial charge in [0.25, 0.3) is 0 Å². The van der Waals surface area contributed by atoms with Gasteiger partial charge >= 0.3 is 0 Å². The molecule has 2 aromatic heterocycles. The Kier molecular flexibility index (Phi) is 5.68. The number of rotatable bonds is 6. The van der Waals surface area contributed by atoms with Gasteiger partial charge in [0.05, 0.1) is 34.8 Å². The molecule has 0 bridgehead atoms. The van der Waals surface area contributed by atoms with Gasteiger partial charge in [-0.25, -0.2) is 0 Å². The van der Waals surface area contributed by atoms with Gasteiger partial charge in [-0.2, -0.15) is 5.26 Å². The first-order chi connectivity index (χ1) is 12.3. The lowest BCUT2D eigenvalue weighted by Gasteiger charge is -2.17. The van der Waals surface area contributed by atoms with Crippen LogP contribution in [0.25, 0.3) is 5.70 Å². The van der Waals surface area contributed by atoms with E-state index in [9.17, 15) is 5.26 Å². The standard InChI is InChI=1S/C21H23N5/c1-6-7-19(23)18-11-17(12-25-15(18)3)26-14(2)16-8-9-24-20(10-16)21(4,5)13-22/h6-12,23,26H,2H2,1,3-5H3/b7-6-,23-19?. The highest BCUT2D eigenvalue weighted by molar-refractivity contribution is 6.07. The summed E-state index contributed by atoms with van der Waals surface area (Å²) < 4.78 is 0. The predicted molar refractivity (Wildman–Crippen MR) is 106 cm³/mol. The minimum absolute atomic E-state index is 0.411. The number of aryl methyl sites for hydroxylation is 1. The molecule has 0 unspecified atom stereocenters. The zero-order chi connectivity index (χ0) is 19.3. The van der Waals surface area contributed by atoms with Crippen LogP contribution in [-0.4, -0.2) is 15.7 Å². The molecule has 0 radical (unpaired) electrons. The first-order valence-corrected chi connectivity index (χ1v) is 8.31. The molecule has 2 N–H and O–H groups in total. The molecule has 26 heavy (non-hydrogen) atoms. The summed E-state index contributed by atoms with van der Waals surface area (Å²) in [4.78, 5) is 8.67. The summed E-state index contributed by atoms with van der Waals surface area (Å²) in [6.07, 6.45) is 6.96. The SMILES string of the molecule is C=C(Nc1cnc(C)c(C(=N)/C=C\C)c1)c1ccnc(C(C)(C)C#N)c1. The largest absolute Gasteiger partial charge is 0.354 e. The van der Waals surface area contributed by atoms with E-state index in [0.29, 0.717) is 17.1 Å². The average Bonchev–Trinajstić information content (AvgIpc) is 2.63. The Bertz CT molecular complexity index is 916. The molecule has 5 heteroatoms. The Morgan fingerprint density at radius 2 is 2.08 bits per heavy atom. The van der Waals surface area contributed by atoms with E-state index in [0.717, 1.165) is 22.5 Å². The van der Waals surface area contributed by atoms with Crippen molar-refractivity contribution in [3.63, 3.8) is 0 Å². The summed E-state index contributed by atoms with van der Waals surface area (Å²) in [6, 6.07) is 7.85. The molecule has 0 amide bonds. The molecule has 2 aromatic rings. The van der Waals surface area contributed by atoms with Gasteiger partial charge in [-0.1, -0.05) is 12.7 Å². The van der Waals surface area contributed by atoms with Crippen LogP contribution in [0.2, 0.25) is 0 Å². The lowest BCUT2D eigenvalue weighted by molar-refractivity contribution is 0.659. The van der Waals surface area contributed by atoms with Gasteiger partial charge < -0.3 is 10.7 Å². The van der Waals surface area contributed by atoms with Gasteiger partial charge in [0.1, 0.15) is 0 Å². The Hall–Kier alpha value is -3.26. The number of nitriles is 1. The Labute approximate surface area is 154 Å². The zero-order valence-electron chi connectivity index (χ0n) is 15.6. The maximum Gasteiger partial charge on any atom is 0.0937 e. The van der Waals surface area contributed by atoms with Gasteiger partial charge in [-0.15, -0.1) is 0 Å². The minimum atomic E-state index is -0.670. The first kappa shape index (κ1) is 19.1. The topological polar surface area (TPSA) is 85.5 Å². The second-order valence-corrected chi connectivity index (χ2v) is 6.54. The van der Waals surface area contributed by atoms with Crippen molar-refractivity contribution in [2.75, 3.05) is 5.32 Å². The van der Waals surface area contributed by atoms with E-state index >= 15 is 0 Å². The molecule has 0 saturated heterocycles. The first-order valence-electron chi connectivity index (χ1n) is 8.31. The molecule has 2 heterocycles. The highest BCUT2D eigenvalue weighted by atomic mass is 14.9. The van der Waals surface area contributed by atoms with Crippen molar-refractivity contribution >= 4 is 17.1 Å². The van der Waals surface area contributed by atoms with Crippen LogP contribution in [0, 0.1) is 23.7 Å². The van der Waals surface area contributed by atoms with Crippen LogP contribution in [0.3, 0.4) is 0 Å². The van der Waals surface area contributed by atoms with E-state index in [1.807, 2.05) is 52.0 Å². The Morgan fingerprint density at radius 3 is 2.73 bits per heavy atom. The second kappa shape index (κ2) is 7.75. The van der Waals surface area contributed by atoms with Crippen molar-refractivity contribution in [3.05, 3.63) is 71.8 Å². The molecule has 132 valence electrons. The van der Waals surface area contributed by atoms with Crippen molar-refractivity contribution in [2.24, 2.45) is 0 Å². The molecule has 0 fully saturated rings. The molecular formula is C21H23N5. The van der Waals surface area contributed by atoms with Crippen LogP contribution in [0.1, 0.15) is 43.3 Å². The Balaban J connectivity index is 2.29. The maximum absolute atomic E-state index is 9.30. The number of allylic oxidation sites excluding steroid dienone is 2. The number of pyridine rings is 2. The van der Waals surface area contributed by atoms with Crippen LogP contribution < -0.4 is 5.32 Å². The normalized spacial score (nSPS) is 11.2. The van der Waals surface area contributed by atoms with E-state index in [4.69, 9.17) is 5.41 Å². The van der Waals surface area contributed by atoms with Crippen molar-refractivity contribution in [1.82, 2.24) is 9.97 Å². The summed E-state index contributed by atoms with van der Waals surface area (Å²) in [5, 5.41) is 20.6. The van der Waals surface area contributed by atoms with Gasteiger partial charge in [0, 0.05) is 28.7 Å². The summed E-state index contributed by atoms with van der Waals surface area (Å²) >= 11 is 0. The van der Waals surface area contributed by atoms with Crippen LogP contribution in [0.4, 0.5) is 5.69 Å². The van der Waals surface area contributed by atoms with Gasteiger partial charge in [0.2, 0.25) is 0 Å². The highest BCUT2D eigenvalue weighted by Gasteiger charge is 2.21. The van der Waals surface area contributed by atoms with Gasteiger partial charge in [-0.05, 0) is 52.0 Å². The van der Waals surface area contributed by atoms with E-state index in [1.165, 1.54) is 0 Å². The third-order valence-corrected chi connectivity index (χ3v) is 4.03. The van der Waals surface area contributed by atoms with Gasteiger partial charge in [-0.3, -0.25) is 9.97 Å². The molecule has 5 nitrogen and oxygen atoms in total. The smallest absolute Gasteiger partial charge is 0.0937 e. The number of hydrogen-bond donors (Lipinski definition) is 2. The van der Waals surface area contributed by atoms with Crippen molar-refractivity contribution in [1.29, 1.82) is 10.7 Å². The monoisotopic (exact) mass is 345 g/mol. The van der Waals surface area contributed by atoms with E-state index in [1.54, 1.807) is 18.5 Å². The zero-order valence-corrected chi connectivity index (χ0v) is 15.6. The number of nitrogens with zero attached hydrogens (tertiary/aromatic N) is 3. The van der Waals surface area contributed by atoms with Crippen LogP contribution >= 0.6 is 0 Å². The molecule has 0 atom stereocenters. The molecule has 0 aliphatic rings. The van der Waals surface area contributed by atoms with Crippen LogP contribution in [0.15, 0.2) is 49.3 Å². The Morgan fingerprint density at radius 1 is 1.35 bits per heavy atom. The molecule has 0 aliphatic carbocycles. The molecular weight excluding hydrogens is 322 g/mol. The lowest BCUT2D eigenvalue weighted by Crippen LogP contribution is -2.16. The van der Waals surface area contributed by atoms with Crippen LogP contribution in [0.5, 0.6) is 0 Å². The van der Waals surface area contributed by atoms with Crippen LogP contribution in [-0.2, 0) is 5.41 Å². The summed E-state index contributed by atoms with van der Waals surface area (Å²) in [5.41, 5.74) is 4.28. The van der Waals surface area contributed by atoms with E-state index in [-0.39, 0.29) is 0 Å². The second-order valence-electron chi connectivity index (χ2n) is 6.54. The molecule has 0 aliphatic heterocycles. The fraction of sp³-hybridized carbons (Fsp3) is 0.238. The van der Waals surface area contributed by atoms with Crippen molar-refractivity contribution in [3.8, 4) is 6.07 Å². The highest BCUT2D eigenvalue weighted by Crippen LogP contribution is 2.24. The number of nitrogens with one attached hydrogen (secondary N) is 2. The minimum Gasteiger partial charge on any atom is -0.354 e. The van der Waals surface area contributed by atoms with Gasteiger partial charge in [0.15, 0.2) is 0 Å². The molecule has 0 spiro atoms. The summed E-state index contributed by atoms with van der Waals surface area (Å²) in [6.45, 7) is 11.5. The number of hydrogen-bond acceptors (Lipinski definition) is 5. The van der Waals surface area contributed by atoms with E-state index < -0.39 is 5.41 Å². The third kappa shape index (κ3) is 4.22. The summed E-state index contributed by atoms with van der Waals surface area (Å²) in [7, 11) is 0. The fourth-order valence-electron chi connectivity index (χ4n) is 2.39. The molecule has 0 aromatic carbocycles. The lowest BCUT2D eigenvalue weighted by atomic mass is 9.90. The predicted octanol–water partition coefficient (Wildman–Crippen LogP) is 4.61. The van der Waals surface area contributed by atoms with E-state index in [2.05, 4.69) is 27.9 Å².